The lowest BCUT2D eigenvalue weighted by Gasteiger charge is -2.35. The molecule has 0 aliphatic rings. The highest BCUT2D eigenvalue weighted by atomic mass is 16.2. The van der Waals surface area contributed by atoms with E-state index in [0.717, 1.165) is 12.8 Å². The monoisotopic (exact) mass is 525 g/mol. The predicted molar refractivity (Wildman–Crippen MR) is 146 cm³/mol. The molecule has 0 radical (unpaired) electrons. The van der Waals surface area contributed by atoms with Gasteiger partial charge in [-0.15, -0.1) is 0 Å². The summed E-state index contributed by atoms with van der Waals surface area (Å²) in [5.74, 6) is -0.401. The number of hydrogen-bond donors (Lipinski definition) is 5. The van der Waals surface area contributed by atoms with E-state index in [4.69, 9.17) is 0 Å². The molecular formula is C27H51N5O5. The summed E-state index contributed by atoms with van der Waals surface area (Å²) in [5, 5.41) is 14.4. The van der Waals surface area contributed by atoms with Gasteiger partial charge in [-0.1, -0.05) is 27.7 Å². The second-order valence-corrected chi connectivity index (χ2v) is 10.0. The van der Waals surface area contributed by atoms with Gasteiger partial charge < -0.3 is 26.6 Å². The standard InChI is InChI=1S/C27H51N5O5/c1-6-18-29-24(35)13-16-27(15-12-23(34)28-8-3,17-14-25(36)30-19-7-2)32-26(37)11-9-10-22(33)31-20-21(4)5/h21H,6-20H2,1-5H3,(H,28,34)(H,29,35)(H,30,36)(H,31,33)(H,32,37). The van der Waals surface area contributed by atoms with Crippen molar-refractivity contribution in [2.75, 3.05) is 26.2 Å². The Morgan fingerprint density at radius 3 is 1.46 bits per heavy atom. The van der Waals surface area contributed by atoms with Crippen LogP contribution in [0.15, 0.2) is 0 Å². The lowest BCUT2D eigenvalue weighted by Crippen LogP contribution is -2.50. The van der Waals surface area contributed by atoms with Crippen molar-refractivity contribution in [2.24, 2.45) is 5.92 Å². The normalized spacial score (nSPS) is 11.1. The lowest BCUT2D eigenvalue weighted by molar-refractivity contribution is -0.127. The minimum Gasteiger partial charge on any atom is -0.356 e. The van der Waals surface area contributed by atoms with E-state index in [-0.39, 0.29) is 61.6 Å². The Morgan fingerprint density at radius 1 is 0.595 bits per heavy atom. The predicted octanol–water partition coefficient (Wildman–Crippen LogP) is 2.31. The number of carbonyl (C=O) groups excluding carboxylic acids is 5. The van der Waals surface area contributed by atoms with Crippen LogP contribution in [0.4, 0.5) is 0 Å². The second-order valence-electron chi connectivity index (χ2n) is 10.0. The quantitative estimate of drug-likeness (QED) is 0.156. The summed E-state index contributed by atoms with van der Waals surface area (Å²) in [6.45, 7) is 12.0. The molecule has 37 heavy (non-hydrogen) atoms. The maximum absolute atomic E-state index is 13.0. The van der Waals surface area contributed by atoms with E-state index in [0.29, 0.717) is 57.8 Å². The van der Waals surface area contributed by atoms with Crippen molar-refractivity contribution in [1.29, 1.82) is 0 Å². The molecule has 0 aliphatic carbocycles. The smallest absolute Gasteiger partial charge is 0.220 e. The van der Waals surface area contributed by atoms with Gasteiger partial charge in [-0.2, -0.15) is 0 Å². The maximum atomic E-state index is 13.0. The molecule has 10 nitrogen and oxygen atoms in total. The Bertz CT molecular complexity index is 687. The molecule has 0 saturated carbocycles. The topological polar surface area (TPSA) is 146 Å². The fourth-order valence-corrected chi connectivity index (χ4v) is 3.79. The highest BCUT2D eigenvalue weighted by Crippen LogP contribution is 2.26. The number of rotatable bonds is 21. The Balaban J connectivity index is 5.44. The highest BCUT2D eigenvalue weighted by molar-refractivity contribution is 5.81. The summed E-state index contributed by atoms with van der Waals surface area (Å²) in [6.07, 6.45) is 3.82. The van der Waals surface area contributed by atoms with Gasteiger partial charge in [0, 0.05) is 63.8 Å². The molecule has 0 bridgehead atoms. The fraction of sp³-hybridized carbons (Fsp3) is 0.815. The zero-order valence-corrected chi connectivity index (χ0v) is 23.7. The van der Waals surface area contributed by atoms with Gasteiger partial charge in [0.15, 0.2) is 0 Å². The SMILES string of the molecule is CCCNC(=O)CCC(CCC(=O)NCC)(CCC(=O)NCCC)NC(=O)CCCC(=O)NCC(C)C. The fourth-order valence-electron chi connectivity index (χ4n) is 3.79. The lowest BCUT2D eigenvalue weighted by atomic mass is 9.82. The summed E-state index contributed by atoms with van der Waals surface area (Å²) in [4.78, 5) is 62.0. The zero-order valence-electron chi connectivity index (χ0n) is 23.7. The van der Waals surface area contributed by atoms with Crippen LogP contribution in [-0.4, -0.2) is 61.3 Å². The number of nitrogens with one attached hydrogen (secondary N) is 5. The van der Waals surface area contributed by atoms with Gasteiger partial charge in [-0.25, -0.2) is 0 Å². The first-order valence-electron chi connectivity index (χ1n) is 13.9. The molecule has 0 aromatic heterocycles. The van der Waals surface area contributed by atoms with E-state index >= 15 is 0 Å². The summed E-state index contributed by atoms with van der Waals surface area (Å²) in [7, 11) is 0. The van der Waals surface area contributed by atoms with Gasteiger partial charge in [0.1, 0.15) is 0 Å². The van der Waals surface area contributed by atoms with Crippen LogP contribution in [0.1, 0.15) is 105 Å². The van der Waals surface area contributed by atoms with E-state index in [2.05, 4.69) is 26.6 Å². The molecule has 0 saturated heterocycles. The van der Waals surface area contributed by atoms with Gasteiger partial charge in [0.2, 0.25) is 29.5 Å². The van der Waals surface area contributed by atoms with E-state index < -0.39 is 5.54 Å². The van der Waals surface area contributed by atoms with Crippen molar-refractivity contribution in [3.05, 3.63) is 0 Å². The molecule has 5 amide bonds. The van der Waals surface area contributed by atoms with E-state index in [9.17, 15) is 24.0 Å². The van der Waals surface area contributed by atoms with E-state index in [1.54, 1.807) is 0 Å². The van der Waals surface area contributed by atoms with Gasteiger partial charge >= 0.3 is 0 Å². The molecule has 0 aliphatic heterocycles. The minimum atomic E-state index is -0.894. The molecule has 0 rings (SSSR count). The van der Waals surface area contributed by atoms with E-state index in [1.807, 2.05) is 34.6 Å². The number of hydrogen-bond acceptors (Lipinski definition) is 5. The molecule has 0 aromatic rings. The minimum absolute atomic E-state index is 0.0933. The highest BCUT2D eigenvalue weighted by Gasteiger charge is 2.33. The van der Waals surface area contributed by atoms with Crippen molar-refractivity contribution in [3.63, 3.8) is 0 Å². The first-order chi connectivity index (χ1) is 17.6. The van der Waals surface area contributed by atoms with Crippen molar-refractivity contribution in [2.45, 2.75) is 111 Å². The maximum Gasteiger partial charge on any atom is 0.220 e. The molecular weight excluding hydrogens is 474 g/mol. The Hall–Kier alpha value is -2.65. The first-order valence-corrected chi connectivity index (χ1v) is 13.9. The van der Waals surface area contributed by atoms with Gasteiger partial charge in [0.05, 0.1) is 0 Å². The molecule has 214 valence electrons. The molecule has 5 N–H and O–H groups in total. The first kappa shape index (κ1) is 34.4. The molecule has 0 spiro atoms. The van der Waals surface area contributed by atoms with Crippen LogP contribution < -0.4 is 26.6 Å². The number of carbonyl (C=O) groups is 5. The second kappa shape index (κ2) is 20.4. The third-order valence-corrected chi connectivity index (χ3v) is 5.93. The van der Waals surface area contributed by atoms with Crippen LogP contribution in [0.3, 0.4) is 0 Å². The average Bonchev–Trinajstić information content (AvgIpc) is 2.85. The third-order valence-electron chi connectivity index (χ3n) is 5.93. The Morgan fingerprint density at radius 2 is 1.03 bits per heavy atom. The van der Waals surface area contributed by atoms with Gasteiger partial charge in [-0.3, -0.25) is 24.0 Å². The summed E-state index contributed by atoms with van der Waals surface area (Å²) in [6, 6.07) is 0. The molecule has 10 heteroatoms. The zero-order chi connectivity index (χ0) is 28.1. The molecule has 0 fully saturated rings. The van der Waals surface area contributed by atoms with Crippen molar-refractivity contribution in [1.82, 2.24) is 26.6 Å². The van der Waals surface area contributed by atoms with Crippen LogP contribution in [-0.2, 0) is 24.0 Å². The summed E-state index contributed by atoms with van der Waals surface area (Å²) < 4.78 is 0. The molecule has 0 aromatic carbocycles. The summed E-state index contributed by atoms with van der Waals surface area (Å²) >= 11 is 0. The van der Waals surface area contributed by atoms with Crippen molar-refractivity contribution in [3.8, 4) is 0 Å². The Kier molecular flexibility index (Phi) is 19.0. The van der Waals surface area contributed by atoms with Gasteiger partial charge in [-0.05, 0) is 51.4 Å². The molecule has 0 heterocycles. The van der Waals surface area contributed by atoms with Crippen LogP contribution in [0.2, 0.25) is 0 Å². The summed E-state index contributed by atoms with van der Waals surface area (Å²) in [5.41, 5.74) is -0.894. The molecule has 0 unspecified atom stereocenters. The van der Waals surface area contributed by atoms with Crippen molar-refractivity contribution < 1.29 is 24.0 Å². The van der Waals surface area contributed by atoms with E-state index in [1.165, 1.54) is 0 Å². The van der Waals surface area contributed by atoms with Crippen LogP contribution >= 0.6 is 0 Å². The largest absolute Gasteiger partial charge is 0.356 e. The average molecular weight is 526 g/mol. The van der Waals surface area contributed by atoms with Crippen molar-refractivity contribution >= 4 is 29.5 Å². The van der Waals surface area contributed by atoms with Crippen LogP contribution in [0.25, 0.3) is 0 Å². The molecule has 0 atom stereocenters. The van der Waals surface area contributed by atoms with Gasteiger partial charge in [0.25, 0.3) is 0 Å². The number of amides is 5. The van der Waals surface area contributed by atoms with Crippen LogP contribution in [0, 0.1) is 5.92 Å². The third kappa shape index (κ3) is 18.3. The van der Waals surface area contributed by atoms with Crippen LogP contribution in [0.5, 0.6) is 0 Å². The Labute approximate surface area is 223 Å².